The average molecular weight is 1160 g/mol. The summed E-state index contributed by atoms with van der Waals surface area (Å²) in [5.41, 5.74) is 3.50. The number of carbonyl (C=O) groups is 6. The van der Waals surface area contributed by atoms with Crippen molar-refractivity contribution in [2.24, 2.45) is 0 Å². The molecule has 0 saturated carbocycles. The maximum atomic E-state index is 14.6. The highest BCUT2D eigenvalue weighted by Gasteiger charge is 2.48. The number of benzene rings is 4. The van der Waals surface area contributed by atoms with E-state index >= 15 is 0 Å². The van der Waals surface area contributed by atoms with Gasteiger partial charge >= 0.3 is 0 Å². The van der Waals surface area contributed by atoms with Crippen molar-refractivity contribution in [2.75, 3.05) is 44.7 Å². The summed E-state index contributed by atoms with van der Waals surface area (Å²) >= 11 is 0. The van der Waals surface area contributed by atoms with Crippen LogP contribution in [0.25, 0.3) is 0 Å². The van der Waals surface area contributed by atoms with Crippen LogP contribution in [-0.2, 0) is 48.8 Å². The molecule has 0 aromatic heterocycles. The largest absolute Gasteiger partial charge is 0.343 e. The molecule has 4 aliphatic heterocycles. The molecule has 4 saturated heterocycles. The third-order valence-corrected chi connectivity index (χ3v) is 20.2. The van der Waals surface area contributed by atoms with Crippen molar-refractivity contribution < 1.29 is 45.6 Å². The maximum absolute atomic E-state index is 14.6. The van der Waals surface area contributed by atoms with Crippen molar-refractivity contribution in [3.8, 4) is 0 Å². The molecule has 4 aliphatic rings. The first-order valence-electron chi connectivity index (χ1n) is 28.8. The second kappa shape index (κ2) is 28.5. The topological polar surface area (TPSA) is 244 Å². The van der Waals surface area contributed by atoms with Gasteiger partial charge in [0.25, 0.3) is 0 Å². The van der Waals surface area contributed by atoms with Crippen molar-refractivity contribution in [3.05, 3.63) is 156 Å². The van der Waals surface area contributed by atoms with E-state index in [4.69, 9.17) is 0 Å². The normalized spacial score (nSPS) is 22.4. The molecule has 0 aliphatic carbocycles. The number of nitrogens with zero attached hydrogens (tertiary/aromatic N) is 4. The van der Waals surface area contributed by atoms with E-state index in [-0.39, 0.29) is 68.8 Å². The van der Waals surface area contributed by atoms with Crippen molar-refractivity contribution >= 4 is 55.5 Å². The lowest BCUT2D eigenvalue weighted by atomic mass is 9.98. The van der Waals surface area contributed by atoms with E-state index in [0.29, 0.717) is 51.4 Å². The molecule has 4 heterocycles. The van der Waals surface area contributed by atoms with E-state index < -0.39 is 98.1 Å². The predicted octanol–water partition coefficient (Wildman–Crippen LogP) is 4.69. The molecule has 82 heavy (non-hydrogen) atoms. The van der Waals surface area contributed by atoms with Gasteiger partial charge in [0, 0.05) is 44.7 Å². The lowest BCUT2D eigenvalue weighted by Gasteiger charge is -2.38. The third-order valence-electron chi connectivity index (χ3n) is 16.3. The van der Waals surface area contributed by atoms with Gasteiger partial charge in [-0.3, -0.25) is 28.8 Å². The maximum Gasteiger partial charge on any atom is 0.247 e. The number of amides is 6. The van der Waals surface area contributed by atoms with Crippen molar-refractivity contribution in [1.82, 2.24) is 45.0 Å². The van der Waals surface area contributed by atoms with Crippen molar-refractivity contribution in [3.63, 3.8) is 0 Å². The number of likely N-dealkylation sites (N-methyl/N-ethyl adjacent to an activating group) is 1. The Bertz CT molecular complexity index is 3010. The van der Waals surface area contributed by atoms with E-state index in [1.807, 2.05) is 133 Å². The Labute approximate surface area is 483 Å². The average Bonchev–Trinajstić information content (AvgIpc) is 4.32. The number of fused-ring (bicyclic) bond motifs is 2. The highest BCUT2D eigenvalue weighted by molar-refractivity contribution is 7.89. The fourth-order valence-corrected chi connectivity index (χ4v) is 14.8. The number of hydrogen-bond donors (Lipinski definition) is 5. The van der Waals surface area contributed by atoms with Gasteiger partial charge in [0.2, 0.25) is 55.5 Å². The summed E-state index contributed by atoms with van der Waals surface area (Å²) in [6.45, 7) is 2.87. The van der Waals surface area contributed by atoms with Crippen molar-refractivity contribution in [2.45, 2.75) is 139 Å². The van der Waals surface area contributed by atoms with Gasteiger partial charge in [-0.2, -0.15) is 8.61 Å². The zero-order valence-corrected chi connectivity index (χ0v) is 48.7. The zero-order valence-electron chi connectivity index (χ0n) is 47.1. The Morgan fingerprint density at radius 1 is 0.549 bits per heavy atom. The Kier molecular flexibility index (Phi) is 21.3. The lowest BCUT2D eigenvalue weighted by Crippen LogP contribution is -2.62. The number of hydrogen-bond acceptors (Lipinski definition) is 11. The number of rotatable bonds is 23. The summed E-state index contributed by atoms with van der Waals surface area (Å²) in [7, 11) is -6.26. The van der Waals surface area contributed by atoms with Crippen LogP contribution in [0.5, 0.6) is 0 Å². The molecule has 4 aromatic rings. The first-order valence-corrected chi connectivity index (χ1v) is 32.0. The van der Waals surface area contributed by atoms with Gasteiger partial charge < -0.3 is 36.4 Å². The predicted molar refractivity (Wildman–Crippen MR) is 313 cm³/mol. The Hall–Kier alpha value is -6.78. The first-order chi connectivity index (χ1) is 39.5. The van der Waals surface area contributed by atoms with Crippen LogP contribution in [0.15, 0.2) is 133 Å². The minimum Gasteiger partial charge on any atom is -0.343 e. The van der Waals surface area contributed by atoms with E-state index in [1.54, 1.807) is 30.7 Å². The Morgan fingerprint density at radius 2 is 0.915 bits per heavy atom. The minimum absolute atomic E-state index is 0.0725. The molecule has 8 rings (SSSR count). The molecule has 4 fully saturated rings. The number of unbranched alkanes of at least 4 members (excludes halogenated alkanes) is 2. The monoisotopic (exact) mass is 1160 g/mol. The zero-order chi connectivity index (χ0) is 58.4. The summed E-state index contributed by atoms with van der Waals surface area (Å²) in [6.07, 6.45) is 7.27. The van der Waals surface area contributed by atoms with Gasteiger partial charge in [-0.05, 0) is 100 Å². The van der Waals surface area contributed by atoms with Crippen LogP contribution in [0, 0.1) is 0 Å². The molecular weight excluding hydrogens is 1080 g/mol. The number of nitrogens with one attached hydrogen (secondary N) is 5. The Balaban J connectivity index is 0.848. The van der Waals surface area contributed by atoms with Gasteiger partial charge in [-0.25, -0.2) is 16.8 Å². The van der Waals surface area contributed by atoms with Crippen molar-refractivity contribution in [1.29, 1.82) is 0 Å². The standard InChI is InChI=1S/C61H79N9O10S2/c1-4-54(71)63-50-41-67(37-35-48-31-33-52(69(48)60(50)75)58(73)65-55(44-23-13-9-14-24-44)45-25-15-10-16-26-45)81(77,78)39-21-7-5-6-8-22-40-82(79,80)68-38-36-49-32-34-53(70(49)61(76)51(42-68)64-57(72)43(2)62-3)59(74)66-56(46-27-17-11-18-28-46)47-29-19-12-20-30-47/h5-6,9-20,23-30,43,48-53,55-56,62H,4,7-8,21-22,31-42H2,1-3H3,(H,63,71)(H,64,72)(H,65,73)(H,66,74). The van der Waals surface area contributed by atoms with Gasteiger partial charge in [0.05, 0.1) is 29.6 Å². The van der Waals surface area contributed by atoms with E-state index in [2.05, 4.69) is 26.6 Å². The Morgan fingerprint density at radius 3 is 1.27 bits per heavy atom. The fraction of sp³-hybridized carbons (Fsp3) is 0.475. The molecule has 5 N–H and O–H groups in total. The first kappa shape index (κ1) is 61.3. The smallest absolute Gasteiger partial charge is 0.247 e. The summed E-state index contributed by atoms with van der Waals surface area (Å²) in [6, 6.07) is 31.6. The van der Waals surface area contributed by atoms with Crippen LogP contribution in [0.2, 0.25) is 0 Å². The highest BCUT2D eigenvalue weighted by atomic mass is 32.2. The molecule has 7 atom stereocenters. The molecule has 440 valence electrons. The molecule has 21 heteroatoms. The van der Waals surface area contributed by atoms with E-state index in [9.17, 15) is 45.6 Å². The lowest BCUT2D eigenvalue weighted by molar-refractivity contribution is -0.144. The van der Waals surface area contributed by atoms with Crippen LogP contribution >= 0.6 is 0 Å². The molecular formula is C61H79N9O10S2. The molecule has 6 amide bonds. The summed E-state index contributed by atoms with van der Waals surface area (Å²) in [4.78, 5) is 87.0. The summed E-state index contributed by atoms with van der Waals surface area (Å²) < 4.78 is 58.8. The molecule has 0 spiro atoms. The van der Waals surface area contributed by atoms with Gasteiger partial charge in [-0.15, -0.1) is 0 Å². The number of sulfonamides is 2. The minimum atomic E-state index is -3.94. The second-order valence-electron chi connectivity index (χ2n) is 21.7. The summed E-state index contributed by atoms with van der Waals surface area (Å²) in [5, 5.41) is 14.8. The van der Waals surface area contributed by atoms with Crippen LogP contribution in [0.1, 0.15) is 119 Å². The van der Waals surface area contributed by atoms with Gasteiger partial charge in [0.15, 0.2) is 0 Å². The fourth-order valence-electron chi connectivity index (χ4n) is 11.7. The number of allylic oxidation sites excluding steroid dienone is 2. The van der Waals surface area contributed by atoms with E-state index in [0.717, 1.165) is 22.3 Å². The van der Waals surface area contributed by atoms with Crippen LogP contribution < -0.4 is 26.6 Å². The molecule has 4 aromatic carbocycles. The second-order valence-corrected chi connectivity index (χ2v) is 25.9. The molecule has 0 bridgehead atoms. The summed E-state index contributed by atoms with van der Waals surface area (Å²) in [5.74, 6) is -3.05. The van der Waals surface area contributed by atoms with E-state index in [1.165, 1.54) is 8.61 Å². The van der Waals surface area contributed by atoms with Gasteiger partial charge in [-0.1, -0.05) is 140 Å². The highest BCUT2D eigenvalue weighted by Crippen LogP contribution is 2.34. The molecule has 7 unspecified atom stereocenters. The van der Waals surface area contributed by atoms with Crippen LogP contribution in [0.3, 0.4) is 0 Å². The third kappa shape index (κ3) is 15.3. The SMILES string of the molecule is CCC(=O)NC1CN(S(=O)(=O)CCCC=CCCCS(=O)(=O)N2CCC3CCC(C(=O)NC(c4ccccc4)c4ccccc4)N3C(=O)C(NC(=O)C(C)NC)C2)CCC2CCC(C(=O)NC(c3ccccc3)c3ccccc3)N2C1=O. The molecule has 0 radical (unpaired) electrons. The number of carbonyl (C=O) groups excluding carboxylic acids is 6. The quantitative estimate of drug-likeness (QED) is 0.0504. The van der Waals surface area contributed by atoms with Gasteiger partial charge in [0.1, 0.15) is 24.2 Å². The van der Waals surface area contributed by atoms with Crippen LogP contribution in [0.4, 0.5) is 0 Å². The van der Waals surface area contributed by atoms with Crippen LogP contribution in [-0.4, -0.2) is 158 Å². The molecule has 19 nitrogen and oxygen atoms in total.